The van der Waals surface area contributed by atoms with E-state index in [4.69, 9.17) is 0 Å². The molecule has 2 aromatic heterocycles. The number of nitrogens with one attached hydrogen (secondary N) is 1. The summed E-state index contributed by atoms with van der Waals surface area (Å²) < 4.78 is 1.75. The van der Waals surface area contributed by atoms with Gasteiger partial charge in [-0.15, -0.1) is 0 Å². The third-order valence-corrected chi connectivity index (χ3v) is 2.41. The first-order chi connectivity index (χ1) is 9.29. The molecule has 102 valence electrons. The van der Waals surface area contributed by atoms with E-state index in [-0.39, 0.29) is 0 Å². The molecule has 1 N–H and O–H groups in total. The maximum atomic E-state index is 4.38. The quantitative estimate of drug-likeness (QED) is 0.725. The van der Waals surface area contributed by atoms with E-state index in [2.05, 4.69) is 22.0 Å². The van der Waals surface area contributed by atoms with Crippen LogP contribution in [0.25, 0.3) is 11.0 Å². The van der Waals surface area contributed by atoms with E-state index in [1.807, 2.05) is 57.4 Å². The van der Waals surface area contributed by atoms with Gasteiger partial charge in [-0.1, -0.05) is 32.9 Å². The minimum Gasteiger partial charge on any atom is -0.342 e. The Labute approximate surface area is 114 Å². The van der Waals surface area contributed by atoms with Gasteiger partial charge in [-0.3, -0.25) is 4.68 Å². The minimum absolute atomic E-state index is 0.967. The minimum atomic E-state index is 0.967. The Balaban J connectivity index is 0.000000192. The summed E-state index contributed by atoms with van der Waals surface area (Å²) in [5.74, 6) is 1.06. The summed E-state index contributed by atoms with van der Waals surface area (Å²) in [6, 6.07) is 9.97. The zero-order valence-electron chi connectivity index (χ0n) is 12.1. The summed E-state index contributed by atoms with van der Waals surface area (Å²) in [6.45, 7) is 6.09. The predicted molar refractivity (Wildman–Crippen MR) is 80.0 cm³/mol. The van der Waals surface area contributed by atoms with E-state index < -0.39 is 0 Å². The van der Waals surface area contributed by atoms with Crippen molar-refractivity contribution in [2.45, 2.75) is 27.2 Å². The number of imidazole rings is 1. The molecule has 0 fully saturated rings. The first kappa shape index (κ1) is 15.0. The lowest BCUT2D eigenvalue weighted by molar-refractivity contribution is 0.768. The first-order valence-electron chi connectivity index (χ1n) is 6.67. The molecule has 3 aromatic rings. The van der Waals surface area contributed by atoms with Crippen LogP contribution in [0.1, 0.15) is 26.6 Å². The maximum Gasteiger partial charge on any atom is 0.106 e. The smallest absolute Gasteiger partial charge is 0.106 e. The second kappa shape index (κ2) is 8.08. The molecule has 2 heterocycles. The number of rotatable bonds is 1. The lowest BCUT2D eigenvalue weighted by Gasteiger charge is -1.82. The number of hydrogen-bond donors (Lipinski definition) is 1. The topological polar surface area (TPSA) is 46.5 Å². The van der Waals surface area contributed by atoms with Gasteiger partial charge in [0.2, 0.25) is 0 Å². The monoisotopic (exact) mass is 258 g/mol. The third kappa shape index (κ3) is 4.58. The van der Waals surface area contributed by atoms with E-state index in [1.165, 1.54) is 0 Å². The molecule has 1 aromatic carbocycles. The highest BCUT2D eigenvalue weighted by Gasteiger charge is 1.97. The van der Waals surface area contributed by atoms with E-state index in [0.29, 0.717) is 0 Å². The molecule has 0 unspecified atom stereocenters. The van der Waals surface area contributed by atoms with Gasteiger partial charge in [0.05, 0.1) is 11.0 Å². The van der Waals surface area contributed by atoms with E-state index in [1.54, 1.807) is 10.9 Å². The Morgan fingerprint density at radius 3 is 2.37 bits per heavy atom. The van der Waals surface area contributed by atoms with Crippen molar-refractivity contribution >= 4 is 11.0 Å². The van der Waals surface area contributed by atoms with Crippen LogP contribution in [0.4, 0.5) is 0 Å². The van der Waals surface area contributed by atoms with Crippen LogP contribution < -0.4 is 0 Å². The van der Waals surface area contributed by atoms with Crippen LogP contribution in [0.3, 0.4) is 0 Å². The summed E-state index contributed by atoms with van der Waals surface area (Å²) >= 11 is 0. The number of aryl methyl sites for hydroxylation is 2. The average molecular weight is 258 g/mol. The fourth-order valence-corrected chi connectivity index (χ4v) is 1.52. The maximum absolute atomic E-state index is 4.38. The Hall–Kier alpha value is -2.10. The molecular formula is C15H22N4. The van der Waals surface area contributed by atoms with Crippen LogP contribution >= 0.6 is 0 Å². The Morgan fingerprint density at radius 2 is 1.89 bits per heavy atom. The molecule has 0 saturated carbocycles. The molecule has 0 amide bonds. The van der Waals surface area contributed by atoms with Crippen molar-refractivity contribution in [2.75, 3.05) is 0 Å². The van der Waals surface area contributed by atoms with Crippen molar-refractivity contribution in [2.24, 2.45) is 7.05 Å². The van der Waals surface area contributed by atoms with Crippen LogP contribution in [0.15, 0.2) is 42.7 Å². The Kier molecular flexibility index (Phi) is 6.36. The van der Waals surface area contributed by atoms with Gasteiger partial charge in [0.25, 0.3) is 0 Å². The number of aromatic nitrogens is 4. The number of fused-ring (bicyclic) bond motifs is 1. The molecular weight excluding hydrogens is 236 g/mol. The zero-order valence-corrected chi connectivity index (χ0v) is 12.1. The number of para-hydroxylation sites is 2. The second-order valence-electron chi connectivity index (χ2n) is 3.73. The van der Waals surface area contributed by atoms with Gasteiger partial charge < -0.3 is 4.98 Å². The molecule has 4 heteroatoms. The van der Waals surface area contributed by atoms with Gasteiger partial charge in [0.1, 0.15) is 5.82 Å². The van der Waals surface area contributed by atoms with Crippen molar-refractivity contribution < 1.29 is 0 Å². The highest BCUT2D eigenvalue weighted by atomic mass is 15.2. The number of aromatic amines is 1. The third-order valence-electron chi connectivity index (χ3n) is 2.41. The van der Waals surface area contributed by atoms with E-state index >= 15 is 0 Å². The van der Waals surface area contributed by atoms with Crippen LogP contribution in [0, 0.1) is 0 Å². The SMILES string of the molecule is CC.CCc1nc2ccccc2[nH]1.Cn1cccn1. The van der Waals surface area contributed by atoms with Crippen LogP contribution in [0.2, 0.25) is 0 Å². The second-order valence-corrected chi connectivity index (χ2v) is 3.73. The van der Waals surface area contributed by atoms with Crippen LogP contribution in [-0.4, -0.2) is 19.7 Å². The van der Waals surface area contributed by atoms with Crippen molar-refractivity contribution in [3.63, 3.8) is 0 Å². The van der Waals surface area contributed by atoms with Crippen molar-refractivity contribution in [1.29, 1.82) is 0 Å². The highest BCUT2D eigenvalue weighted by Crippen LogP contribution is 2.09. The molecule has 0 radical (unpaired) electrons. The molecule has 0 spiro atoms. The predicted octanol–water partition coefficient (Wildman–Crippen LogP) is 3.57. The van der Waals surface area contributed by atoms with E-state index in [9.17, 15) is 0 Å². The molecule has 0 bridgehead atoms. The largest absolute Gasteiger partial charge is 0.342 e. The standard InChI is InChI=1S/C9H10N2.C4H6N2.C2H6/c1-2-9-10-7-5-3-4-6-8(7)11-9;1-6-4-2-3-5-6;1-2/h3-6H,2H2,1H3,(H,10,11);2-4H,1H3;1-2H3. The molecule has 19 heavy (non-hydrogen) atoms. The lowest BCUT2D eigenvalue weighted by Crippen LogP contribution is -1.83. The molecule has 0 aliphatic rings. The number of benzene rings is 1. The van der Waals surface area contributed by atoms with Crippen molar-refractivity contribution in [3.05, 3.63) is 48.5 Å². The number of hydrogen-bond acceptors (Lipinski definition) is 2. The van der Waals surface area contributed by atoms with Gasteiger partial charge in [-0.05, 0) is 18.2 Å². The highest BCUT2D eigenvalue weighted by molar-refractivity contribution is 5.74. The normalized spacial score (nSPS) is 9.26. The summed E-state index contributed by atoms with van der Waals surface area (Å²) in [5.41, 5.74) is 2.19. The van der Waals surface area contributed by atoms with Crippen molar-refractivity contribution in [3.8, 4) is 0 Å². The summed E-state index contributed by atoms with van der Waals surface area (Å²) in [6.07, 6.45) is 4.61. The molecule has 3 rings (SSSR count). The molecule has 0 aliphatic heterocycles. The Morgan fingerprint density at radius 1 is 1.16 bits per heavy atom. The van der Waals surface area contributed by atoms with E-state index in [0.717, 1.165) is 23.3 Å². The lowest BCUT2D eigenvalue weighted by atomic mass is 10.3. The van der Waals surface area contributed by atoms with Gasteiger partial charge in [0.15, 0.2) is 0 Å². The average Bonchev–Trinajstić information content (AvgIpc) is 3.09. The fourth-order valence-electron chi connectivity index (χ4n) is 1.52. The first-order valence-corrected chi connectivity index (χ1v) is 6.67. The molecule has 4 nitrogen and oxygen atoms in total. The van der Waals surface area contributed by atoms with Crippen molar-refractivity contribution in [1.82, 2.24) is 19.7 Å². The summed E-state index contributed by atoms with van der Waals surface area (Å²) in [7, 11) is 1.89. The summed E-state index contributed by atoms with van der Waals surface area (Å²) in [5, 5.41) is 3.83. The van der Waals surface area contributed by atoms with Crippen LogP contribution in [0.5, 0.6) is 0 Å². The molecule has 0 saturated heterocycles. The van der Waals surface area contributed by atoms with Gasteiger partial charge in [0, 0.05) is 25.9 Å². The van der Waals surface area contributed by atoms with Gasteiger partial charge >= 0.3 is 0 Å². The fraction of sp³-hybridized carbons (Fsp3) is 0.333. The number of H-pyrrole nitrogens is 1. The van der Waals surface area contributed by atoms with Crippen LogP contribution in [-0.2, 0) is 13.5 Å². The molecule has 0 atom stereocenters. The zero-order chi connectivity index (χ0) is 14.1. The summed E-state index contributed by atoms with van der Waals surface area (Å²) in [4.78, 5) is 7.61. The van der Waals surface area contributed by atoms with Gasteiger partial charge in [-0.25, -0.2) is 4.98 Å². The van der Waals surface area contributed by atoms with Gasteiger partial charge in [-0.2, -0.15) is 5.10 Å². The number of nitrogens with zero attached hydrogens (tertiary/aromatic N) is 3. The Bertz CT molecular complexity index is 534. The molecule has 0 aliphatic carbocycles.